The van der Waals surface area contributed by atoms with Crippen molar-refractivity contribution in [3.63, 3.8) is 0 Å². The molecular formula is C16H10Cl2N2O3. The molecular weight excluding hydrogens is 339 g/mol. The van der Waals surface area contributed by atoms with Gasteiger partial charge in [0.25, 0.3) is 11.1 Å². The van der Waals surface area contributed by atoms with Crippen molar-refractivity contribution in [1.29, 1.82) is 0 Å². The highest BCUT2D eigenvalue weighted by atomic mass is 35.5. The van der Waals surface area contributed by atoms with E-state index in [1.54, 1.807) is 24.3 Å². The van der Waals surface area contributed by atoms with Gasteiger partial charge in [-0.3, -0.25) is 9.59 Å². The number of aromatic amines is 2. The van der Waals surface area contributed by atoms with Gasteiger partial charge in [0.05, 0.1) is 12.5 Å². The Bertz CT molecular complexity index is 1060. The van der Waals surface area contributed by atoms with Crippen molar-refractivity contribution in [2.24, 2.45) is 0 Å². The molecule has 0 radical (unpaired) electrons. The van der Waals surface area contributed by atoms with Crippen LogP contribution in [0.4, 0.5) is 0 Å². The Morgan fingerprint density at radius 2 is 1.52 bits per heavy atom. The fraction of sp³-hybridized carbons (Fsp3) is 0. The first kappa shape index (κ1) is 15.4. The van der Waals surface area contributed by atoms with Crippen LogP contribution in [0.3, 0.4) is 0 Å². The molecule has 3 aromatic rings. The number of benzene rings is 1. The third-order valence-corrected chi connectivity index (χ3v) is 3.79. The maximum absolute atomic E-state index is 12.2. The summed E-state index contributed by atoms with van der Waals surface area (Å²) in [5, 5.41) is 0.951. The Morgan fingerprint density at radius 3 is 2.09 bits per heavy atom. The molecule has 5 nitrogen and oxygen atoms in total. The first-order valence-corrected chi connectivity index (χ1v) is 7.32. The van der Waals surface area contributed by atoms with Crippen LogP contribution >= 0.6 is 23.2 Å². The second kappa shape index (κ2) is 6.32. The zero-order valence-corrected chi connectivity index (χ0v) is 13.1. The maximum Gasteiger partial charge on any atom is 0.272 e. The van der Waals surface area contributed by atoms with Crippen molar-refractivity contribution in [3.8, 4) is 0 Å². The second-order valence-electron chi connectivity index (χ2n) is 4.72. The van der Waals surface area contributed by atoms with E-state index >= 15 is 0 Å². The molecule has 0 unspecified atom stereocenters. The van der Waals surface area contributed by atoms with Crippen LogP contribution in [0.1, 0.15) is 11.1 Å². The summed E-state index contributed by atoms with van der Waals surface area (Å²) in [6.45, 7) is 0. The summed E-state index contributed by atoms with van der Waals surface area (Å²) >= 11 is 12.1. The highest BCUT2D eigenvalue weighted by molar-refractivity contribution is 6.37. The number of hydrogen-bond acceptors (Lipinski definition) is 3. The molecule has 7 heteroatoms. The van der Waals surface area contributed by atoms with E-state index in [9.17, 15) is 9.59 Å². The molecule has 0 saturated carbocycles. The van der Waals surface area contributed by atoms with Crippen molar-refractivity contribution in [3.05, 3.63) is 89.4 Å². The fourth-order valence-corrected chi connectivity index (χ4v) is 2.52. The SMILES string of the molecule is O=c1[nH]c(=Cc2c(Cl)cccc2Cl)c(=O)[nH]c1=Cc1ccoc1. The van der Waals surface area contributed by atoms with Gasteiger partial charge in [-0.2, -0.15) is 0 Å². The van der Waals surface area contributed by atoms with Crippen LogP contribution in [0.2, 0.25) is 10.0 Å². The van der Waals surface area contributed by atoms with Crippen molar-refractivity contribution in [1.82, 2.24) is 9.97 Å². The summed E-state index contributed by atoms with van der Waals surface area (Å²) < 4.78 is 4.91. The molecule has 0 spiro atoms. The Balaban J connectivity index is 2.21. The minimum atomic E-state index is -0.463. The summed E-state index contributed by atoms with van der Waals surface area (Å²) in [5.74, 6) is 0. The van der Waals surface area contributed by atoms with E-state index in [-0.39, 0.29) is 10.7 Å². The molecule has 0 atom stereocenters. The van der Waals surface area contributed by atoms with Crippen LogP contribution in [0.25, 0.3) is 12.2 Å². The molecule has 0 fully saturated rings. The van der Waals surface area contributed by atoms with Crippen LogP contribution in [-0.2, 0) is 0 Å². The van der Waals surface area contributed by atoms with E-state index in [1.807, 2.05) is 0 Å². The monoisotopic (exact) mass is 348 g/mol. The number of furan rings is 1. The van der Waals surface area contributed by atoms with Crippen LogP contribution in [0.5, 0.6) is 0 Å². The fourth-order valence-electron chi connectivity index (χ4n) is 2.01. The van der Waals surface area contributed by atoms with Crippen molar-refractivity contribution >= 4 is 35.4 Å². The highest BCUT2D eigenvalue weighted by Gasteiger charge is 2.03. The molecule has 116 valence electrons. The third kappa shape index (κ3) is 3.31. The van der Waals surface area contributed by atoms with Gasteiger partial charge in [0.15, 0.2) is 0 Å². The second-order valence-corrected chi connectivity index (χ2v) is 5.53. The van der Waals surface area contributed by atoms with Gasteiger partial charge in [-0.05, 0) is 30.4 Å². The molecule has 0 aliphatic carbocycles. The minimum Gasteiger partial charge on any atom is -0.472 e. The van der Waals surface area contributed by atoms with Crippen LogP contribution in [0.15, 0.2) is 50.8 Å². The third-order valence-electron chi connectivity index (χ3n) is 3.13. The maximum atomic E-state index is 12.2. The molecule has 3 rings (SSSR count). The molecule has 0 aliphatic rings. The first-order chi connectivity index (χ1) is 11.0. The number of rotatable bonds is 2. The molecule has 0 bridgehead atoms. The number of aromatic nitrogens is 2. The van der Waals surface area contributed by atoms with Crippen molar-refractivity contribution in [2.75, 3.05) is 0 Å². The number of H-pyrrole nitrogens is 2. The number of halogens is 2. The van der Waals surface area contributed by atoms with Crippen molar-refractivity contribution in [2.45, 2.75) is 0 Å². The predicted octanol–water partition coefficient (Wildman–Crippen LogP) is 1.62. The van der Waals surface area contributed by atoms with E-state index in [0.717, 1.165) is 0 Å². The lowest BCUT2D eigenvalue weighted by Crippen LogP contribution is -2.46. The van der Waals surface area contributed by atoms with Gasteiger partial charge in [-0.1, -0.05) is 29.3 Å². The van der Waals surface area contributed by atoms with Gasteiger partial charge in [0.2, 0.25) is 0 Å². The smallest absolute Gasteiger partial charge is 0.272 e. The zero-order valence-electron chi connectivity index (χ0n) is 11.6. The summed E-state index contributed by atoms with van der Waals surface area (Å²) in [5.41, 5.74) is 0.219. The molecule has 0 amide bonds. The molecule has 2 heterocycles. The topological polar surface area (TPSA) is 78.9 Å². The molecule has 23 heavy (non-hydrogen) atoms. The van der Waals surface area contributed by atoms with Crippen molar-refractivity contribution < 1.29 is 4.42 Å². The van der Waals surface area contributed by atoms with Crippen LogP contribution in [0, 0.1) is 0 Å². The molecule has 2 N–H and O–H groups in total. The lowest BCUT2D eigenvalue weighted by atomic mass is 10.2. The average Bonchev–Trinajstić information content (AvgIpc) is 3.01. The lowest BCUT2D eigenvalue weighted by molar-refractivity contribution is 0.567. The Hall–Kier alpha value is -2.50. The van der Waals surface area contributed by atoms with E-state index in [1.165, 1.54) is 24.7 Å². The lowest BCUT2D eigenvalue weighted by Gasteiger charge is -2.00. The van der Waals surface area contributed by atoms with Gasteiger partial charge >= 0.3 is 0 Å². The van der Waals surface area contributed by atoms with E-state index in [4.69, 9.17) is 27.6 Å². The average molecular weight is 349 g/mol. The molecule has 1 aromatic carbocycles. The summed E-state index contributed by atoms with van der Waals surface area (Å²) in [6.07, 6.45) is 5.88. The summed E-state index contributed by atoms with van der Waals surface area (Å²) in [7, 11) is 0. The van der Waals surface area contributed by atoms with Crippen LogP contribution < -0.4 is 21.8 Å². The summed E-state index contributed by atoms with van der Waals surface area (Å²) in [6, 6.07) is 6.65. The zero-order chi connectivity index (χ0) is 16.4. The normalized spacial score (nSPS) is 12.8. The van der Waals surface area contributed by atoms with Gasteiger partial charge in [-0.15, -0.1) is 0 Å². The van der Waals surface area contributed by atoms with E-state index in [0.29, 0.717) is 21.2 Å². The van der Waals surface area contributed by atoms with Crippen LogP contribution in [-0.4, -0.2) is 9.97 Å². The highest BCUT2D eigenvalue weighted by Crippen LogP contribution is 2.24. The van der Waals surface area contributed by atoms with Gasteiger partial charge in [0, 0.05) is 21.2 Å². The molecule has 2 aromatic heterocycles. The van der Waals surface area contributed by atoms with E-state index < -0.39 is 11.1 Å². The van der Waals surface area contributed by atoms with E-state index in [2.05, 4.69) is 9.97 Å². The number of hydrogen-bond donors (Lipinski definition) is 2. The predicted molar refractivity (Wildman–Crippen MR) is 89.2 cm³/mol. The standard InChI is InChI=1S/C16H10Cl2N2O3/c17-11-2-1-3-12(18)10(11)7-14-16(22)19-13(15(21)20-14)6-9-4-5-23-8-9/h1-8H,(H,19,22)(H,20,21). The minimum absolute atomic E-state index is 0.0642. The Labute approximate surface area is 139 Å². The van der Waals surface area contributed by atoms with Gasteiger partial charge in [0.1, 0.15) is 10.7 Å². The van der Waals surface area contributed by atoms with Gasteiger partial charge in [-0.25, -0.2) is 0 Å². The largest absolute Gasteiger partial charge is 0.472 e. The Morgan fingerprint density at radius 1 is 0.913 bits per heavy atom. The number of nitrogens with one attached hydrogen (secondary N) is 2. The van der Waals surface area contributed by atoms with Gasteiger partial charge < -0.3 is 14.4 Å². The first-order valence-electron chi connectivity index (χ1n) is 6.57. The molecule has 0 aliphatic heterocycles. The molecule has 0 saturated heterocycles. The summed E-state index contributed by atoms with van der Waals surface area (Å²) in [4.78, 5) is 29.3. The Kier molecular flexibility index (Phi) is 4.23. The quantitative estimate of drug-likeness (QED) is 0.738.